The second-order valence-corrected chi connectivity index (χ2v) is 3.51. The first-order chi connectivity index (χ1) is 8.31. The maximum Gasteiger partial charge on any atom is 0.314 e. The van der Waals surface area contributed by atoms with Gasteiger partial charge in [-0.3, -0.25) is 9.59 Å². The third-order valence-electron chi connectivity index (χ3n) is 2.39. The summed E-state index contributed by atoms with van der Waals surface area (Å²) in [6.45, 7) is 1.34. The maximum absolute atomic E-state index is 13.3. The number of halogens is 4. The van der Waals surface area contributed by atoms with Crippen LogP contribution in [0.25, 0.3) is 0 Å². The van der Waals surface area contributed by atoms with Crippen LogP contribution < -0.4 is 0 Å². The van der Waals surface area contributed by atoms with Crippen molar-refractivity contribution in [2.75, 3.05) is 0 Å². The molecular weight excluding hydrogens is 256 g/mol. The molecule has 7 heteroatoms. The fraction of sp³-hybridized carbons (Fsp3) is 0.273. The van der Waals surface area contributed by atoms with Gasteiger partial charge in [-0.1, -0.05) is 6.92 Å². The van der Waals surface area contributed by atoms with Gasteiger partial charge in [0.1, 0.15) is 5.92 Å². The topological polar surface area (TPSA) is 54.4 Å². The molecule has 0 aliphatic carbocycles. The van der Waals surface area contributed by atoms with Gasteiger partial charge in [0.25, 0.3) is 0 Å². The van der Waals surface area contributed by atoms with Crippen LogP contribution in [0.1, 0.15) is 23.7 Å². The molecule has 98 valence electrons. The van der Waals surface area contributed by atoms with Gasteiger partial charge >= 0.3 is 5.97 Å². The molecule has 0 aromatic heterocycles. The van der Waals surface area contributed by atoms with E-state index < -0.39 is 46.5 Å². The fourth-order valence-electron chi connectivity index (χ4n) is 1.41. The predicted molar refractivity (Wildman–Crippen MR) is 52.0 cm³/mol. The molecule has 1 atom stereocenters. The molecule has 0 heterocycles. The Bertz CT molecular complexity index is 514. The zero-order chi connectivity index (χ0) is 14.0. The molecule has 0 radical (unpaired) electrons. The van der Waals surface area contributed by atoms with Gasteiger partial charge in [-0.2, -0.15) is 0 Å². The molecular formula is C11H8F4O3. The van der Waals surface area contributed by atoms with E-state index in [1.54, 1.807) is 0 Å². The summed E-state index contributed by atoms with van der Waals surface area (Å²) < 4.78 is 51.7. The predicted octanol–water partition coefficient (Wildman–Crippen LogP) is 2.54. The number of aliphatic carboxylic acids is 1. The standard InChI is InChI=1S/C11H8F4O3/c1-2-4(11(17)18)10(16)5-3-6(12)8(14)9(15)7(5)13/h3-4H,2H2,1H3,(H,17,18)/t4-/m1/s1. The SMILES string of the molecule is CC[C@@H](C(=O)O)C(=O)c1cc(F)c(F)c(F)c1F. The van der Waals surface area contributed by atoms with E-state index in [0.717, 1.165) is 0 Å². The number of benzene rings is 1. The molecule has 3 nitrogen and oxygen atoms in total. The largest absolute Gasteiger partial charge is 0.481 e. The van der Waals surface area contributed by atoms with Gasteiger partial charge in [0.2, 0.25) is 0 Å². The van der Waals surface area contributed by atoms with Crippen LogP contribution in [0.15, 0.2) is 6.07 Å². The molecule has 0 aliphatic heterocycles. The molecule has 0 saturated carbocycles. The number of hydrogen-bond donors (Lipinski definition) is 1. The summed E-state index contributed by atoms with van der Waals surface area (Å²) in [5.41, 5.74) is -1.11. The number of carbonyl (C=O) groups is 2. The Labute approximate surface area is 99.0 Å². The van der Waals surface area contributed by atoms with Crippen molar-refractivity contribution >= 4 is 11.8 Å². The molecule has 1 N–H and O–H groups in total. The van der Waals surface area contributed by atoms with Crippen molar-refractivity contribution in [2.24, 2.45) is 5.92 Å². The average Bonchev–Trinajstić information content (AvgIpc) is 2.31. The summed E-state index contributed by atoms with van der Waals surface area (Å²) in [7, 11) is 0. The first-order valence-electron chi connectivity index (χ1n) is 4.91. The zero-order valence-corrected chi connectivity index (χ0v) is 9.14. The minimum atomic E-state index is -2.14. The molecule has 0 bridgehead atoms. The van der Waals surface area contributed by atoms with E-state index in [1.165, 1.54) is 6.92 Å². The molecule has 0 amide bonds. The number of ketones is 1. The molecule has 0 fully saturated rings. The lowest BCUT2D eigenvalue weighted by Crippen LogP contribution is -2.24. The highest BCUT2D eigenvalue weighted by Crippen LogP contribution is 2.22. The number of carboxylic acids is 1. The Balaban J connectivity index is 3.34. The quantitative estimate of drug-likeness (QED) is 0.299. The van der Waals surface area contributed by atoms with E-state index in [4.69, 9.17) is 5.11 Å². The monoisotopic (exact) mass is 264 g/mol. The molecule has 0 unspecified atom stereocenters. The van der Waals surface area contributed by atoms with Gasteiger partial charge in [-0.25, -0.2) is 17.6 Å². The normalized spacial score (nSPS) is 12.3. The molecule has 1 rings (SSSR count). The average molecular weight is 264 g/mol. The highest BCUT2D eigenvalue weighted by atomic mass is 19.2. The summed E-state index contributed by atoms with van der Waals surface area (Å²) in [5, 5.41) is 8.68. The number of rotatable bonds is 4. The van der Waals surface area contributed by atoms with Gasteiger partial charge in [0.05, 0.1) is 5.56 Å². The Kier molecular flexibility index (Phi) is 4.05. The highest BCUT2D eigenvalue weighted by molar-refractivity contribution is 6.08. The van der Waals surface area contributed by atoms with Crippen molar-refractivity contribution < 1.29 is 32.3 Å². The molecule has 0 spiro atoms. The summed E-state index contributed by atoms with van der Waals surface area (Å²) in [5.74, 6) is -12.3. The molecule has 0 aliphatic rings. The highest BCUT2D eigenvalue weighted by Gasteiger charge is 2.30. The van der Waals surface area contributed by atoms with E-state index in [2.05, 4.69) is 0 Å². The fourth-order valence-corrected chi connectivity index (χ4v) is 1.41. The van der Waals surface area contributed by atoms with Crippen LogP contribution in [0.4, 0.5) is 17.6 Å². The van der Waals surface area contributed by atoms with Crippen LogP contribution in [0.2, 0.25) is 0 Å². The van der Waals surface area contributed by atoms with E-state index in [-0.39, 0.29) is 12.5 Å². The van der Waals surface area contributed by atoms with E-state index in [0.29, 0.717) is 0 Å². The lowest BCUT2D eigenvalue weighted by atomic mass is 9.95. The third kappa shape index (κ3) is 2.34. The van der Waals surface area contributed by atoms with Crippen LogP contribution in [0.5, 0.6) is 0 Å². The van der Waals surface area contributed by atoms with Crippen LogP contribution in [-0.2, 0) is 4.79 Å². The van der Waals surface area contributed by atoms with Crippen molar-refractivity contribution in [1.82, 2.24) is 0 Å². The maximum atomic E-state index is 13.3. The molecule has 18 heavy (non-hydrogen) atoms. The third-order valence-corrected chi connectivity index (χ3v) is 2.39. The van der Waals surface area contributed by atoms with E-state index >= 15 is 0 Å². The van der Waals surface area contributed by atoms with Gasteiger partial charge < -0.3 is 5.11 Å². The lowest BCUT2D eigenvalue weighted by molar-refractivity contribution is -0.140. The van der Waals surface area contributed by atoms with Crippen molar-refractivity contribution in [3.8, 4) is 0 Å². The van der Waals surface area contributed by atoms with Gasteiger partial charge in [-0.05, 0) is 12.5 Å². The Morgan fingerprint density at radius 2 is 1.72 bits per heavy atom. The zero-order valence-electron chi connectivity index (χ0n) is 9.14. The first kappa shape index (κ1) is 14.1. The Morgan fingerprint density at radius 1 is 1.17 bits per heavy atom. The van der Waals surface area contributed by atoms with Crippen LogP contribution >= 0.6 is 0 Å². The first-order valence-corrected chi connectivity index (χ1v) is 4.91. The second kappa shape index (κ2) is 5.16. The van der Waals surface area contributed by atoms with E-state index in [1.807, 2.05) is 0 Å². The van der Waals surface area contributed by atoms with Crippen LogP contribution in [0.3, 0.4) is 0 Å². The number of hydrogen-bond acceptors (Lipinski definition) is 2. The summed E-state index contributed by atoms with van der Waals surface area (Å²) >= 11 is 0. The van der Waals surface area contributed by atoms with Gasteiger partial charge in [0, 0.05) is 0 Å². The minimum Gasteiger partial charge on any atom is -0.481 e. The second-order valence-electron chi connectivity index (χ2n) is 3.51. The Morgan fingerprint density at radius 3 is 2.17 bits per heavy atom. The number of carbonyl (C=O) groups excluding carboxylic acids is 1. The summed E-state index contributed by atoms with van der Waals surface area (Å²) in [6.07, 6.45) is -0.186. The number of carboxylic acid groups (broad SMARTS) is 1. The van der Waals surface area contributed by atoms with Crippen molar-refractivity contribution in [1.29, 1.82) is 0 Å². The Hall–Kier alpha value is -1.92. The smallest absolute Gasteiger partial charge is 0.314 e. The summed E-state index contributed by atoms with van der Waals surface area (Å²) in [4.78, 5) is 22.3. The van der Waals surface area contributed by atoms with Crippen molar-refractivity contribution in [3.63, 3.8) is 0 Å². The molecule has 0 saturated heterocycles. The van der Waals surface area contributed by atoms with Crippen molar-refractivity contribution in [2.45, 2.75) is 13.3 Å². The number of Topliss-reactive ketones (excluding diaryl/α,β-unsaturated/α-hetero) is 1. The van der Waals surface area contributed by atoms with Gasteiger partial charge in [0.15, 0.2) is 29.1 Å². The summed E-state index contributed by atoms with van der Waals surface area (Å²) in [6, 6.07) is 0.154. The van der Waals surface area contributed by atoms with Gasteiger partial charge in [-0.15, -0.1) is 0 Å². The van der Waals surface area contributed by atoms with Crippen molar-refractivity contribution in [3.05, 3.63) is 34.9 Å². The molecule has 1 aromatic rings. The molecule has 1 aromatic carbocycles. The van der Waals surface area contributed by atoms with Crippen LogP contribution in [0, 0.1) is 29.2 Å². The lowest BCUT2D eigenvalue weighted by Gasteiger charge is -2.10. The van der Waals surface area contributed by atoms with Crippen LogP contribution in [-0.4, -0.2) is 16.9 Å². The van der Waals surface area contributed by atoms with E-state index in [9.17, 15) is 27.2 Å². The minimum absolute atomic E-state index is 0.154.